The first-order chi connectivity index (χ1) is 14.4. The Kier molecular flexibility index (Phi) is 6.33. The van der Waals surface area contributed by atoms with Crippen molar-refractivity contribution in [3.05, 3.63) is 45.6 Å². The summed E-state index contributed by atoms with van der Waals surface area (Å²) in [4.78, 5) is 23.3. The fraction of sp³-hybridized carbons (Fsp3) is 0.368. The fourth-order valence-corrected chi connectivity index (χ4v) is 3.85. The lowest BCUT2D eigenvalue weighted by Gasteiger charge is -2.33. The largest absolute Gasteiger partial charge is 0.475 e. The number of carbonyl (C=O) groups is 1. The molecule has 1 atom stereocenters. The Morgan fingerprint density at radius 2 is 2.17 bits per heavy atom. The number of aromatic nitrogens is 4. The molecule has 1 aliphatic heterocycles. The molecule has 4 rings (SSSR count). The maximum absolute atomic E-state index is 12.9. The lowest BCUT2D eigenvalue weighted by Crippen LogP contribution is -2.47. The second kappa shape index (κ2) is 8.97. The molecule has 1 aromatic carbocycles. The average molecular weight is 468 g/mol. The van der Waals surface area contributed by atoms with E-state index in [1.54, 1.807) is 33.7 Å². The highest BCUT2D eigenvalue weighted by molar-refractivity contribution is 7.98. The van der Waals surface area contributed by atoms with Crippen LogP contribution in [-0.4, -0.2) is 69.1 Å². The van der Waals surface area contributed by atoms with Crippen molar-refractivity contribution in [1.82, 2.24) is 24.5 Å². The van der Waals surface area contributed by atoms with Crippen molar-refractivity contribution in [3.8, 4) is 5.88 Å². The maximum atomic E-state index is 12.9. The Balaban J connectivity index is 1.46. The van der Waals surface area contributed by atoms with Crippen LogP contribution in [0.2, 0.25) is 10.0 Å². The lowest BCUT2D eigenvalue weighted by atomic mass is 10.1. The maximum Gasteiger partial charge on any atom is 0.256 e. The predicted octanol–water partition coefficient (Wildman–Crippen LogP) is 3.38. The van der Waals surface area contributed by atoms with Gasteiger partial charge in [0.1, 0.15) is 12.7 Å². The van der Waals surface area contributed by atoms with Crippen molar-refractivity contribution in [2.75, 3.05) is 32.6 Å². The number of amides is 1. The van der Waals surface area contributed by atoms with E-state index in [2.05, 4.69) is 15.1 Å². The van der Waals surface area contributed by atoms with E-state index in [0.29, 0.717) is 52.1 Å². The van der Waals surface area contributed by atoms with Crippen molar-refractivity contribution < 1.29 is 14.3 Å². The standard InChI is InChI=1S/C19H19Cl2N5O3S/c1-11-7-16(26-18(22-11)23-19(24-26)30-2)29-10-13-9-25(5-6-28-13)17(27)14-8-12(20)3-4-15(14)21/h3-4,7-8,13H,5-6,9-10H2,1-2H3. The molecule has 158 valence electrons. The van der Waals surface area contributed by atoms with Gasteiger partial charge >= 0.3 is 0 Å². The van der Waals surface area contributed by atoms with Gasteiger partial charge in [0.05, 0.1) is 23.7 Å². The van der Waals surface area contributed by atoms with Crippen molar-refractivity contribution in [2.24, 2.45) is 0 Å². The topological polar surface area (TPSA) is 81.9 Å². The van der Waals surface area contributed by atoms with Crippen LogP contribution in [-0.2, 0) is 4.74 Å². The minimum absolute atomic E-state index is 0.182. The number of carbonyl (C=O) groups excluding carboxylic acids is 1. The minimum Gasteiger partial charge on any atom is -0.475 e. The third-order valence-corrected chi connectivity index (χ3v) is 5.68. The number of rotatable bonds is 5. The number of nitrogens with zero attached hydrogens (tertiary/aromatic N) is 5. The Morgan fingerprint density at radius 1 is 1.33 bits per heavy atom. The Bertz CT molecular complexity index is 1090. The van der Waals surface area contributed by atoms with E-state index in [4.69, 9.17) is 32.7 Å². The molecule has 0 N–H and O–H groups in total. The van der Waals surface area contributed by atoms with Crippen LogP contribution in [0.3, 0.4) is 0 Å². The number of fused-ring (bicyclic) bond motifs is 1. The fourth-order valence-electron chi connectivity index (χ4n) is 3.14. The van der Waals surface area contributed by atoms with Crippen molar-refractivity contribution in [2.45, 2.75) is 18.2 Å². The predicted molar refractivity (Wildman–Crippen MR) is 115 cm³/mol. The first-order valence-electron chi connectivity index (χ1n) is 9.21. The first-order valence-corrected chi connectivity index (χ1v) is 11.2. The zero-order valence-corrected chi connectivity index (χ0v) is 18.7. The quantitative estimate of drug-likeness (QED) is 0.531. The molecule has 0 spiro atoms. The Morgan fingerprint density at radius 3 is 2.97 bits per heavy atom. The van der Waals surface area contributed by atoms with Gasteiger partial charge in [-0.3, -0.25) is 4.79 Å². The molecule has 1 fully saturated rings. The number of aryl methyl sites for hydroxylation is 1. The van der Waals surface area contributed by atoms with Crippen LogP contribution in [0.15, 0.2) is 29.4 Å². The van der Waals surface area contributed by atoms with Gasteiger partial charge in [0.2, 0.25) is 11.0 Å². The summed E-state index contributed by atoms with van der Waals surface area (Å²) in [6, 6.07) is 6.65. The van der Waals surface area contributed by atoms with Crippen molar-refractivity contribution in [1.29, 1.82) is 0 Å². The molecule has 1 saturated heterocycles. The molecular weight excluding hydrogens is 449 g/mol. The summed E-state index contributed by atoms with van der Waals surface area (Å²) >= 11 is 13.6. The Labute approximate surface area is 187 Å². The lowest BCUT2D eigenvalue weighted by molar-refractivity contribution is -0.0410. The van der Waals surface area contributed by atoms with Crippen LogP contribution in [0.5, 0.6) is 5.88 Å². The van der Waals surface area contributed by atoms with Crippen LogP contribution in [0.1, 0.15) is 16.1 Å². The Hall–Kier alpha value is -2.07. The molecule has 11 heteroatoms. The smallest absolute Gasteiger partial charge is 0.256 e. The average Bonchev–Trinajstić information content (AvgIpc) is 3.16. The van der Waals surface area contributed by atoms with Gasteiger partial charge in [-0.25, -0.2) is 4.98 Å². The second-order valence-corrected chi connectivity index (χ2v) is 8.34. The third kappa shape index (κ3) is 4.49. The highest BCUT2D eigenvalue weighted by Gasteiger charge is 2.27. The molecule has 0 saturated carbocycles. The molecule has 3 aromatic rings. The monoisotopic (exact) mass is 467 g/mol. The van der Waals surface area contributed by atoms with Gasteiger partial charge in [-0.2, -0.15) is 9.50 Å². The van der Waals surface area contributed by atoms with Gasteiger partial charge in [0, 0.05) is 23.3 Å². The summed E-state index contributed by atoms with van der Waals surface area (Å²) in [5.74, 6) is 0.820. The van der Waals surface area contributed by atoms with Crippen molar-refractivity contribution in [3.63, 3.8) is 0 Å². The highest BCUT2D eigenvalue weighted by Crippen LogP contribution is 2.23. The molecular formula is C19H19Cl2N5O3S. The summed E-state index contributed by atoms with van der Waals surface area (Å²) in [6.45, 7) is 3.37. The van der Waals surface area contributed by atoms with Crippen LogP contribution in [0.4, 0.5) is 0 Å². The molecule has 1 amide bonds. The summed E-state index contributed by atoms with van der Waals surface area (Å²) in [7, 11) is 0. The molecule has 8 nitrogen and oxygen atoms in total. The SMILES string of the molecule is CSc1nc2nc(C)cc(OCC3CN(C(=O)c4cc(Cl)ccc4Cl)CCO3)n2n1. The number of thioether (sulfide) groups is 1. The number of ether oxygens (including phenoxy) is 2. The van der Waals surface area contributed by atoms with E-state index in [-0.39, 0.29) is 18.6 Å². The van der Waals surface area contributed by atoms with E-state index < -0.39 is 0 Å². The molecule has 0 radical (unpaired) electrons. The molecule has 0 aliphatic carbocycles. The van der Waals surface area contributed by atoms with Gasteiger partial charge < -0.3 is 14.4 Å². The summed E-state index contributed by atoms with van der Waals surface area (Å²) < 4.78 is 13.3. The van der Waals surface area contributed by atoms with E-state index in [0.717, 1.165) is 5.69 Å². The van der Waals surface area contributed by atoms with Gasteiger partial charge in [0.15, 0.2) is 0 Å². The van der Waals surface area contributed by atoms with Gasteiger partial charge in [-0.05, 0) is 31.4 Å². The molecule has 0 bridgehead atoms. The van der Waals surface area contributed by atoms with E-state index >= 15 is 0 Å². The molecule has 2 aromatic heterocycles. The van der Waals surface area contributed by atoms with E-state index in [1.807, 2.05) is 13.2 Å². The van der Waals surface area contributed by atoms with E-state index in [1.165, 1.54) is 11.8 Å². The molecule has 30 heavy (non-hydrogen) atoms. The van der Waals surface area contributed by atoms with Crippen molar-refractivity contribution >= 4 is 46.6 Å². The van der Waals surface area contributed by atoms with Gasteiger partial charge in [-0.15, -0.1) is 5.10 Å². The first kappa shape index (κ1) is 21.2. The normalized spacial score (nSPS) is 16.8. The molecule has 1 aliphatic rings. The number of morpholine rings is 1. The minimum atomic E-state index is -0.298. The summed E-state index contributed by atoms with van der Waals surface area (Å²) in [5.41, 5.74) is 1.15. The van der Waals surface area contributed by atoms with Gasteiger partial charge in [-0.1, -0.05) is 35.0 Å². The number of benzene rings is 1. The zero-order valence-electron chi connectivity index (χ0n) is 16.3. The van der Waals surface area contributed by atoms with Crippen LogP contribution >= 0.6 is 35.0 Å². The summed E-state index contributed by atoms with van der Waals surface area (Å²) in [5, 5.41) is 5.83. The molecule has 3 heterocycles. The van der Waals surface area contributed by atoms with Crippen LogP contribution in [0.25, 0.3) is 5.78 Å². The summed E-state index contributed by atoms with van der Waals surface area (Å²) in [6.07, 6.45) is 1.60. The van der Waals surface area contributed by atoms with E-state index in [9.17, 15) is 4.79 Å². The third-order valence-electron chi connectivity index (χ3n) is 4.57. The second-order valence-electron chi connectivity index (χ2n) is 6.73. The molecule has 1 unspecified atom stereocenters. The van der Waals surface area contributed by atoms with Crippen LogP contribution < -0.4 is 4.74 Å². The highest BCUT2D eigenvalue weighted by atomic mass is 35.5. The number of halogens is 2. The number of hydrogen-bond acceptors (Lipinski definition) is 7. The zero-order chi connectivity index (χ0) is 21.3. The van der Waals surface area contributed by atoms with Crippen LogP contribution in [0, 0.1) is 6.92 Å². The number of hydrogen-bond donors (Lipinski definition) is 0. The van der Waals surface area contributed by atoms with Gasteiger partial charge in [0.25, 0.3) is 11.7 Å².